The summed E-state index contributed by atoms with van der Waals surface area (Å²) in [4.78, 5) is 1.71. The van der Waals surface area contributed by atoms with Gasteiger partial charge in [0, 0.05) is 18.8 Å². The third-order valence-corrected chi connectivity index (χ3v) is 2.67. The fourth-order valence-corrected chi connectivity index (χ4v) is 2.21. The second kappa shape index (κ2) is 6.15. The lowest BCUT2D eigenvalue weighted by Crippen LogP contribution is -2.30. The molecule has 0 saturated carbocycles. The van der Waals surface area contributed by atoms with Crippen LogP contribution in [-0.4, -0.2) is 36.5 Å². The van der Waals surface area contributed by atoms with Crippen LogP contribution >= 0.6 is 23.2 Å². The summed E-state index contributed by atoms with van der Waals surface area (Å²) in [5, 5.41) is 18.7. The highest BCUT2D eigenvalue weighted by molar-refractivity contribution is 6.39. The molecule has 0 amide bonds. The minimum Gasteiger partial charge on any atom is -0.399 e. The largest absolute Gasteiger partial charge is 0.399 e. The van der Waals surface area contributed by atoms with Gasteiger partial charge in [-0.3, -0.25) is 0 Å². The zero-order valence-electron chi connectivity index (χ0n) is 8.66. The average Bonchev–Trinajstić information content (AvgIpc) is 2.16. The highest BCUT2D eigenvalue weighted by Gasteiger charge is 2.14. The van der Waals surface area contributed by atoms with Gasteiger partial charge in [-0.2, -0.15) is 0 Å². The Morgan fingerprint density at radius 2 is 1.50 bits per heavy atom. The summed E-state index contributed by atoms with van der Waals surface area (Å²) in [6, 6.07) is 3.18. The first-order valence-electron chi connectivity index (χ1n) is 4.81. The molecule has 0 aliphatic carbocycles. The summed E-state index contributed by atoms with van der Waals surface area (Å²) in [6.07, 6.45) is 0. The number of anilines is 2. The van der Waals surface area contributed by atoms with Gasteiger partial charge in [0.05, 0.1) is 28.9 Å². The smallest absolute Gasteiger partial charge is 0.0748 e. The van der Waals surface area contributed by atoms with Crippen LogP contribution < -0.4 is 10.6 Å². The van der Waals surface area contributed by atoms with Gasteiger partial charge in [0.15, 0.2) is 0 Å². The normalized spacial score (nSPS) is 10.5. The van der Waals surface area contributed by atoms with Crippen molar-refractivity contribution in [2.24, 2.45) is 0 Å². The van der Waals surface area contributed by atoms with Crippen LogP contribution in [0, 0.1) is 0 Å². The first-order chi connectivity index (χ1) is 7.60. The standard InChI is InChI=1S/C10H14Cl2N2O2/c11-8-5-7(13)6-9(12)10(8)14(1-3-15)2-4-16/h5-6,15-16H,1-4,13H2. The monoisotopic (exact) mass is 264 g/mol. The molecule has 0 radical (unpaired) electrons. The van der Waals surface area contributed by atoms with Crippen LogP contribution in [0.1, 0.15) is 0 Å². The van der Waals surface area contributed by atoms with Crippen LogP contribution in [0.2, 0.25) is 10.0 Å². The number of nitrogen functional groups attached to an aromatic ring is 1. The number of benzene rings is 1. The molecule has 90 valence electrons. The molecule has 0 aromatic heterocycles. The lowest BCUT2D eigenvalue weighted by atomic mass is 10.2. The van der Waals surface area contributed by atoms with E-state index >= 15 is 0 Å². The predicted octanol–water partition coefficient (Wildman–Crippen LogP) is 1.37. The summed E-state index contributed by atoms with van der Waals surface area (Å²) in [6.45, 7) is 0.613. The number of hydrogen-bond donors (Lipinski definition) is 3. The van der Waals surface area contributed by atoms with E-state index in [1.165, 1.54) is 0 Å². The van der Waals surface area contributed by atoms with Gasteiger partial charge in [-0.15, -0.1) is 0 Å². The quantitative estimate of drug-likeness (QED) is 0.703. The summed E-state index contributed by atoms with van der Waals surface area (Å²) in [5.41, 5.74) is 6.65. The van der Waals surface area contributed by atoms with Gasteiger partial charge in [0.2, 0.25) is 0 Å². The van der Waals surface area contributed by atoms with E-state index in [0.29, 0.717) is 34.5 Å². The van der Waals surface area contributed by atoms with E-state index in [4.69, 9.17) is 39.1 Å². The molecule has 0 aliphatic heterocycles. The molecule has 16 heavy (non-hydrogen) atoms. The van der Waals surface area contributed by atoms with Crippen molar-refractivity contribution < 1.29 is 10.2 Å². The maximum atomic E-state index is 8.93. The van der Waals surface area contributed by atoms with Crippen molar-refractivity contribution in [2.45, 2.75) is 0 Å². The molecular formula is C10H14Cl2N2O2. The number of aliphatic hydroxyl groups excluding tert-OH is 2. The Morgan fingerprint density at radius 1 is 1.06 bits per heavy atom. The van der Waals surface area contributed by atoms with Crippen LogP contribution in [-0.2, 0) is 0 Å². The number of aliphatic hydroxyl groups is 2. The fraction of sp³-hybridized carbons (Fsp3) is 0.400. The van der Waals surface area contributed by atoms with Gasteiger partial charge in [-0.1, -0.05) is 23.2 Å². The molecule has 1 aromatic carbocycles. The van der Waals surface area contributed by atoms with E-state index < -0.39 is 0 Å². The summed E-state index contributed by atoms with van der Waals surface area (Å²) in [5.74, 6) is 0. The molecule has 4 nitrogen and oxygen atoms in total. The van der Waals surface area contributed by atoms with Crippen molar-refractivity contribution in [1.29, 1.82) is 0 Å². The Morgan fingerprint density at radius 3 is 1.88 bits per heavy atom. The van der Waals surface area contributed by atoms with Crippen molar-refractivity contribution in [3.8, 4) is 0 Å². The van der Waals surface area contributed by atoms with Crippen LogP contribution in [0.15, 0.2) is 12.1 Å². The molecule has 1 aromatic rings. The number of nitrogens with zero attached hydrogens (tertiary/aromatic N) is 1. The Balaban J connectivity index is 3.07. The van der Waals surface area contributed by atoms with Crippen molar-refractivity contribution in [3.63, 3.8) is 0 Å². The Labute approximate surface area is 104 Å². The third-order valence-electron chi connectivity index (χ3n) is 2.10. The summed E-state index contributed by atoms with van der Waals surface area (Å²) < 4.78 is 0. The van der Waals surface area contributed by atoms with E-state index in [9.17, 15) is 0 Å². The van der Waals surface area contributed by atoms with Gasteiger partial charge in [-0.05, 0) is 12.1 Å². The molecule has 0 unspecified atom stereocenters. The van der Waals surface area contributed by atoms with E-state index in [-0.39, 0.29) is 13.2 Å². The predicted molar refractivity (Wildman–Crippen MR) is 67.3 cm³/mol. The Kier molecular flexibility index (Phi) is 5.15. The first kappa shape index (κ1) is 13.4. The highest BCUT2D eigenvalue weighted by Crippen LogP contribution is 2.35. The topological polar surface area (TPSA) is 69.7 Å². The maximum Gasteiger partial charge on any atom is 0.0748 e. The van der Waals surface area contributed by atoms with Gasteiger partial charge in [-0.25, -0.2) is 0 Å². The molecule has 0 fully saturated rings. The number of halogens is 2. The lowest BCUT2D eigenvalue weighted by molar-refractivity contribution is 0.281. The second-order valence-corrected chi connectivity index (χ2v) is 4.08. The molecule has 0 aliphatic rings. The van der Waals surface area contributed by atoms with Crippen LogP contribution in [0.5, 0.6) is 0 Å². The van der Waals surface area contributed by atoms with Crippen LogP contribution in [0.25, 0.3) is 0 Å². The van der Waals surface area contributed by atoms with E-state index in [2.05, 4.69) is 0 Å². The number of rotatable bonds is 5. The molecular weight excluding hydrogens is 251 g/mol. The van der Waals surface area contributed by atoms with Crippen molar-refractivity contribution in [3.05, 3.63) is 22.2 Å². The third kappa shape index (κ3) is 3.15. The molecule has 0 bridgehead atoms. The summed E-state index contributed by atoms with van der Waals surface area (Å²) in [7, 11) is 0. The minimum absolute atomic E-state index is 0.0446. The van der Waals surface area contributed by atoms with Gasteiger partial charge in [0.25, 0.3) is 0 Å². The molecule has 4 N–H and O–H groups in total. The zero-order valence-corrected chi connectivity index (χ0v) is 10.2. The first-order valence-corrected chi connectivity index (χ1v) is 5.57. The maximum absolute atomic E-state index is 8.93. The number of nitrogens with two attached hydrogens (primary N) is 1. The zero-order chi connectivity index (χ0) is 12.1. The SMILES string of the molecule is Nc1cc(Cl)c(N(CCO)CCO)c(Cl)c1. The number of hydrogen-bond acceptors (Lipinski definition) is 4. The van der Waals surface area contributed by atoms with Crippen LogP contribution in [0.4, 0.5) is 11.4 Å². The fourth-order valence-electron chi connectivity index (χ4n) is 1.46. The van der Waals surface area contributed by atoms with Crippen LogP contribution in [0.3, 0.4) is 0 Å². The lowest BCUT2D eigenvalue weighted by Gasteiger charge is -2.25. The van der Waals surface area contributed by atoms with Crippen molar-refractivity contribution in [1.82, 2.24) is 0 Å². The van der Waals surface area contributed by atoms with Gasteiger partial charge < -0.3 is 20.8 Å². The van der Waals surface area contributed by atoms with E-state index in [0.717, 1.165) is 0 Å². The van der Waals surface area contributed by atoms with E-state index in [1.807, 2.05) is 0 Å². The van der Waals surface area contributed by atoms with Crippen molar-refractivity contribution >= 4 is 34.6 Å². The summed E-state index contributed by atoms with van der Waals surface area (Å²) >= 11 is 12.1. The molecule has 1 rings (SSSR count). The Bertz CT molecular complexity index is 332. The van der Waals surface area contributed by atoms with Gasteiger partial charge in [0.1, 0.15) is 0 Å². The Hall–Kier alpha value is -0.680. The second-order valence-electron chi connectivity index (χ2n) is 3.27. The molecule has 0 heterocycles. The molecule has 0 saturated heterocycles. The molecule has 0 spiro atoms. The van der Waals surface area contributed by atoms with E-state index in [1.54, 1.807) is 17.0 Å². The minimum atomic E-state index is -0.0446. The molecule has 6 heteroatoms. The van der Waals surface area contributed by atoms with Gasteiger partial charge >= 0.3 is 0 Å². The average molecular weight is 265 g/mol. The van der Waals surface area contributed by atoms with Crippen molar-refractivity contribution in [2.75, 3.05) is 36.9 Å². The molecule has 0 atom stereocenters. The highest BCUT2D eigenvalue weighted by atomic mass is 35.5.